The van der Waals surface area contributed by atoms with Gasteiger partial charge in [-0.05, 0) is 43.4 Å². The van der Waals surface area contributed by atoms with Crippen LogP contribution in [0.25, 0.3) is 0 Å². The minimum absolute atomic E-state index is 0.0956. The molecule has 0 fully saturated rings. The van der Waals surface area contributed by atoms with E-state index >= 15 is 0 Å². The zero-order valence-corrected chi connectivity index (χ0v) is 14.4. The summed E-state index contributed by atoms with van der Waals surface area (Å²) >= 11 is 13.3. The van der Waals surface area contributed by atoms with Crippen molar-refractivity contribution < 1.29 is 9.90 Å². The van der Waals surface area contributed by atoms with Gasteiger partial charge in [-0.1, -0.05) is 23.2 Å². The maximum absolute atomic E-state index is 11.8. The smallest absolute Gasteiger partial charge is 0.252 e. The van der Waals surface area contributed by atoms with Gasteiger partial charge in [0.1, 0.15) is 10.8 Å². The van der Waals surface area contributed by atoms with Gasteiger partial charge in [-0.2, -0.15) is 0 Å². The van der Waals surface area contributed by atoms with E-state index in [-0.39, 0.29) is 10.8 Å². The Kier molecular flexibility index (Phi) is 4.62. The Bertz CT molecular complexity index is 815. The van der Waals surface area contributed by atoms with Crippen LogP contribution in [0, 0.1) is 0 Å². The average molecular weight is 369 g/mol. The molecular formula is C16H14Cl2N2O2S. The molecule has 0 spiro atoms. The minimum Gasteiger partial charge on any atom is -0.506 e. The average Bonchev–Trinajstić information content (AvgIpc) is 2.87. The molecule has 0 atom stereocenters. The topological polar surface area (TPSA) is 75.7 Å². The molecule has 0 aliphatic heterocycles. The van der Waals surface area contributed by atoms with Crippen LogP contribution in [-0.2, 0) is 12.8 Å². The van der Waals surface area contributed by atoms with Gasteiger partial charge in [0, 0.05) is 21.7 Å². The van der Waals surface area contributed by atoms with Gasteiger partial charge in [-0.25, -0.2) is 4.99 Å². The van der Waals surface area contributed by atoms with Crippen molar-refractivity contribution in [3.63, 3.8) is 0 Å². The first-order chi connectivity index (χ1) is 11.0. The number of carbonyl (C=O) groups excluding carboxylic acids is 1. The first-order valence-corrected chi connectivity index (χ1v) is 8.71. The van der Waals surface area contributed by atoms with E-state index in [4.69, 9.17) is 28.9 Å². The molecule has 23 heavy (non-hydrogen) atoms. The molecule has 1 aromatic carbocycles. The largest absolute Gasteiger partial charge is 0.506 e. The van der Waals surface area contributed by atoms with E-state index in [9.17, 15) is 9.90 Å². The molecule has 3 N–H and O–H groups in total. The van der Waals surface area contributed by atoms with E-state index in [0.717, 1.165) is 31.2 Å². The van der Waals surface area contributed by atoms with Crippen LogP contribution >= 0.6 is 34.5 Å². The number of benzene rings is 1. The lowest BCUT2D eigenvalue weighted by Crippen LogP contribution is -2.14. The summed E-state index contributed by atoms with van der Waals surface area (Å²) in [5, 5.41) is 11.1. The number of thiophene rings is 1. The molecule has 2 aromatic rings. The van der Waals surface area contributed by atoms with Crippen molar-refractivity contribution in [2.24, 2.45) is 10.7 Å². The van der Waals surface area contributed by atoms with E-state index in [1.807, 2.05) is 0 Å². The molecule has 0 saturated carbocycles. The second kappa shape index (κ2) is 6.51. The summed E-state index contributed by atoms with van der Waals surface area (Å²) in [7, 11) is 0. The number of aromatic hydroxyl groups is 1. The van der Waals surface area contributed by atoms with Crippen LogP contribution in [0.4, 0.5) is 5.00 Å². The molecule has 1 amide bonds. The number of nitrogens with two attached hydrogens (primary N) is 1. The Balaban J connectivity index is 2.03. The molecule has 120 valence electrons. The standard InChI is InChI=1S/C16H14Cl2N2O2S/c17-9-5-8(14(21)11(18)6-9)7-20-16-13(15(19)22)10-3-1-2-4-12(10)23-16/h5-7,21H,1-4H2,(H2,19,22). The van der Waals surface area contributed by atoms with Crippen molar-refractivity contribution in [3.8, 4) is 5.75 Å². The van der Waals surface area contributed by atoms with Crippen LogP contribution in [0.3, 0.4) is 0 Å². The summed E-state index contributed by atoms with van der Waals surface area (Å²) in [4.78, 5) is 17.3. The normalized spacial score (nSPS) is 14.2. The Morgan fingerprint density at radius 1 is 1.30 bits per heavy atom. The van der Waals surface area contributed by atoms with Crippen LogP contribution in [0.15, 0.2) is 17.1 Å². The molecule has 0 radical (unpaired) electrons. The molecule has 1 aromatic heterocycles. The molecule has 1 aliphatic rings. The number of carbonyl (C=O) groups is 1. The maximum atomic E-state index is 11.8. The fraction of sp³-hybridized carbons (Fsp3) is 0.250. The Labute approximate surface area is 147 Å². The number of nitrogens with zero attached hydrogens (tertiary/aromatic N) is 1. The van der Waals surface area contributed by atoms with Gasteiger partial charge in [0.05, 0.1) is 10.6 Å². The van der Waals surface area contributed by atoms with Crippen molar-refractivity contribution in [1.82, 2.24) is 0 Å². The third-order valence-corrected chi connectivity index (χ3v) is 5.48. The van der Waals surface area contributed by atoms with Gasteiger partial charge in [-0.3, -0.25) is 4.79 Å². The highest BCUT2D eigenvalue weighted by Crippen LogP contribution is 2.40. The first kappa shape index (κ1) is 16.3. The predicted molar refractivity (Wildman–Crippen MR) is 94.9 cm³/mol. The second-order valence-corrected chi connectivity index (χ2v) is 7.27. The second-order valence-electron chi connectivity index (χ2n) is 5.34. The summed E-state index contributed by atoms with van der Waals surface area (Å²) in [5.41, 5.74) is 7.44. The molecule has 7 heteroatoms. The summed E-state index contributed by atoms with van der Waals surface area (Å²) in [5.74, 6) is -0.563. The van der Waals surface area contributed by atoms with Crippen LogP contribution in [0.1, 0.15) is 39.2 Å². The van der Waals surface area contributed by atoms with Crippen molar-refractivity contribution in [2.45, 2.75) is 25.7 Å². The molecule has 0 saturated heterocycles. The summed E-state index contributed by atoms with van der Waals surface area (Å²) < 4.78 is 0. The van der Waals surface area contributed by atoms with Gasteiger partial charge >= 0.3 is 0 Å². The molecule has 3 rings (SSSR count). The number of rotatable bonds is 3. The Morgan fingerprint density at radius 2 is 2.04 bits per heavy atom. The third-order valence-electron chi connectivity index (χ3n) is 3.78. The number of aliphatic imine (C=N–C) groups is 1. The van der Waals surface area contributed by atoms with E-state index in [2.05, 4.69) is 4.99 Å². The maximum Gasteiger partial charge on any atom is 0.252 e. The molecule has 0 unspecified atom stereocenters. The summed E-state index contributed by atoms with van der Waals surface area (Å²) in [6, 6.07) is 3.01. The number of aryl methyl sites for hydroxylation is 1. The lowest BCUT2D eigenvalue weighted by molar-refractivity contribution is 0.100. The quantitative estimate of drug-likeness (QED) is 0.783. The Hall–Kier alpha value is -1.56. The predicted octanol–water partition coefficient (Wildman–Crippen LogP) is 4.49. The van der Waals surface area contributed by atoms with Gasteiger partial charge in [-0.15, -0.1) is 11.3 Å². The van der Waals surface area contributed by atoms with Gasteiger partial charge in [0.2, 0.25) is 0 Å². The van der Waals surface area contributed by atoms with Crippen molar-refractivity contribution in [2.75, 3.05) is 0 Å². The van der Waals surface area contributed by atoms with Gasteiger partial charge in [0.15, 0.2) is 0 Å². The van der Waals surface area contributed by atoms with Gasteiger partial charge < -0.3 is 10.8 Å². The number of phenolic OH excluding ortho intramolecular Hbond substituents is 1. The molecule has 0 bridgehead atoms. The number of amides is 1. The fourth-order valence-corrected chi connectivity index (χ4v) is 4.46. The first-order valence-electron chi connectivity index (χ1n) is 7.13. The highest BCUT2D eigenvalue weighted by Gasteiger charge is 2.23. The zero-order chi connectivity index (χ0) is 16.6. The number of fused-ring (bicyclic) bond motifs is 1. The fourth-order valence-electron chi connectivity index (χ4n) is 2.71. The third kappa shape index (κ3) is 3.22. The molecule has 1 aliphatic carbocycles. The summed E-state index contributed by atoms with van der Waals surface area (Å²) in [6.07, 6.45) is 5.42. The number of primary amides is 1. The van der Waals surface area contributed by atoms with E-state index < -0.39 is 5.91 Å². The number of halogens is 2. The molecule has 4 nitrogen and oxygen atoms in total. The lowest BCUT2D eigenvalue weighted by atomic mass is 9.95. The van der Waals surface area contributed by atoms with Crippen molar-refractivity contribution in [3.05, 3.63) is 43.7 Å². The van der Waals surface area contributed by atoms with E-state index in [1.165, 1.54) is 28.5 Å². The van der Waals surface area contributed by atoms with Crippen molar-refractivity contribution >= 4 is 51.7 Å². The zero-order valence-electron chi connectivity index (χ0n) is 12.1. The number of hydrogen-bond acceptors (Lipinski definition) is 4. The number of phenols is 1. The van der Waals surface area contributed by atoms with Crippen LogP contribution in [0.2, 0.25) is 10.0 Å². The monoisotopic (exact) mass is 368 g/mol. The van der Waals surface area contributed by atoms with Crippen molar-refractivity contribution in [1.29, 1.82) is 0 Å². The van der Waals surface area contributed by atoms with E-state index in [1.54, 1.807) is 6.07 Å². The highest BCUT2D eigenvalue weighted by atomic mass is 35.5. The summed E-state index contributed by atoms with van der Waals surface area (Å²) in [6.45, 7) is 0. The van der Waals surface area contributed by atoms with Crippen LogP contribution in [-0.4, -0.2) is 17.2 Å². The Morgan fingerprint density at radius 3 is 2.78 bits per heavy atom. The highest BCUT2D eigenvalue weighted by molar-refractivity contribution is 7.16. The van der Waals surface area contributed by atoms with Crippen LogP contribution in [0.5, 0.6) is 5.75 Å². The van der Waals surface area contributed by atoms with Gasteiger partial charge in [0.25, 0.3) is 5.91 Å². The minimum atomic E-state index is -0.468. The SMILES string of the molecule is NC(=O)c1c(N=Cc2cc(Cl)cc(Cl)c2O)sc2c1CCCC2. The van der Waals surface area contributed by atoms with Crippen LogP contribution < -0.4 is 5.73 Å². The molecule has 1 heterocycles. The lowest BCUT2D eigenvalue weighted by Gasteiger charge is -2.10. The van der Waals surface area contributed by atoms with E-state index in [0.29, 0.717) is 21.2 Å². The molecular weight excluding hydrogens is 355 g/mol. The number of hydrogen-bond donors (Lipinski definition) is 2.